The molecule has 1 saturated heterocycles. The third-order valence-corrected chi connectivity index (χ3v) is 2.80. The molecular weight excluding hydrogens is 155 g/mol. The standard InChI is InChI=1S/C7H10F3N/c1-11-4-6(2-5(11)8)3-7(6,9)10/h5H,2-4H2,1H3. The van der Waals surface area contributed by atoms with Gasteiger partial charge in [0.1, 0.15) is 0 Å². The summed E-state index contributed by atoms with van der Waals surface area (Å²) in [7, 11) is 1.55. The van der Waals surface area contributed by atoms with Crippen LogP contribution >= 0.6 is 0 Å². The van der Waals surface area contributed by atoms with E-state index < -0.39 is 17.6 Å². The molecular formula is C7H10F3N. The highest BCUT2D eigenvalue weighted by Gasteiger charge is 2.74. The minimum atomic E-state index is -2.60. The predicted octanol–water partition coefficient (Wildman–Crippen LogP) is 1.64. The molecule has 0 aromatic heterocycles. The first-order chi connectivity index (χ1) is 4.97. The number of rotatable bonds is 0. The normalized spacial score (nSPS) is 48.5. The Morgan fingerprint density at radius 1 is 1.45 bits per heavy atom. The van der Waals surface area contributed by atoms with E-state index in [4.69, 9.17) is 0 Å². The van der Waals surface area contributed by atoms with Crippen LogP contribution in [0, 0.1) is 5.41 Å². The topological polar surface area (TPSA) is 3.24 Å². The number of hydrogen-bond donors (Lipinski definition) is 0. The number of alkyl halides is 3. The first-order valence-electron chi connectivity index (χ1n) is 3.69. The fourth-order valence-electron chi connectivity index (χ4n) is 1.89. The fourth-order valence-corrected chi connectivity index (χ4v) is 1.89. The van der Waals surface area contributed by atoms with Gasteiger partial charge in [-0.25, -0.2) is 13.2 Å². The molecule has 0 aromatic rings. The van der Waals surface area contributed by atoms with Crippen molar-refractivity contribution in [2.75, 3.05) is 13.6 Å². The molecule has 2 atom stereocenters. The molecule has 1 aliphatic carbocycles. The number of halogens is 3. The van der Waals surface area contributed by atoms with Crippen molar-refractivity contribution in [1.82, 2.24) is 4.90 Å². The molecule has 11 heavy (non-hydrogen) atoms. The number of likely N-dealkylation sites (tertiary alicyclic amines) is 1. The van der Waals surface area contributed by atoms with Gasteiger partial charge in [-0.15, -0.1) is 0 Å². The van der Waals surface area contributed by atoms with Crippen LogP contribution in [0.25, 0.3) is 0 Å². The SMILES string of the molecule is CN1CC2(CC1F)CC2(F)F. The zero-order chi connectivity index (χ0) is 8.28. The molecule has 2 unspecified atom stereocenters. The first-order valence-corrected chi connectivity index (χ1v) is 3.69. The van der Waals surface area contributed by atoms with Crippen LogP contribution in [-0.4, -0.2) is 30.7 Å². The molecule has 2 rings (SSSR count). The van der Waals surface area contributed by atoms with Crippen LogP contribution < -0.4 is 0 Å². The van der Waals surface area contributed by atoms with Gasteiger partial charge in [-0.3, -0.25) is 4.90 Å². The smallest absolute Gasteiger partial charge is 0.256 e. The van der Waals surface area contributed by atoms with Crippen molar-refractivity contribution in [3.8, 4) is 0 Å². The van der Waals surface area contributed by atoms with Gasteiger partial charge in [0.25, 0.3) is 5.92 Å². The second-order valence-electron chi connectivity index (χ2n) is 3.72. The highest BCUT2D eigenvalue weighted by molar-refractivity contribution is 5.14. The predicted molar refractivity (Wildman–Crippen MR) is 34.1 cm³/mol. The molecule has 2 aliphatic rings. The molecule has 0 radical (unpaired) electrons. The highest BCUT2D eigenvalue weighted by atomic mass is 19.3. The monoisotopic (exact) mass is 165 g/mol. The summed E-state index contributed by atoms with van der Waals surface area (Å²) in [5.74, 6) is -2.60. The molecule has 0 amide bonds. The van der Waals surface area contributed by atoms with Crippen LogP contribution in [-0.2, 0) is 0 Å². The summed E-state index contributed by atoms with van der Waals surface area (Å²) in [5, 5.41) is 0. The molecule has 1 saturated carbocycles. The van der Waals surface area contributed by atoms with Gasteiger partial charge < -0.3 is 0 Å². The summed E-state index contributed by atoms with van der Waals surface area (Å²) in [6, 6.07) is 0. The molecule has 1 spiro atoms. The van der Waals surface area contributed by atoms with Crippen LogP contribution in [0.15, 0.2) is 0 Å². The third kappa shape index (κ3) is 0.818. The second kappa shape index (κ2) is 1.73. The van der Waals surface area contributed by atoms with Crippen LogP contribution in [0.3, 0.4) is 0 Å². The summed E-state index contributed by atoms with van der Waals surface area (Å²) in [6.45, 7) is 0.209. The van der Waals surface area contributed by atoms with E-state index in [2.05, 4.69) is 0 Å². The highest BCUT2D eigenvalue weighted by Crippen LogP contribution is 2.66. The van der Waals surface area contributed by atoms with E-state index in [0.29, 0.717) is 0 Å². The van der Waals surface area contributed by atoms with Crippen LogP contribution in [0.1, 0.15) is 12.8 Å². The van der Waals surface area contributed by atoms with E-state index in [1.54, 1.807) is 7.05 Å². The van der Waals surface area contributed by atoms with E-state index in [1.807, 2.05) is 0 Å². The van der Waals surface area contributed by atoms with Gasteiger partial charge in [0.2, 0.25) is 0 Å². The van der Waals surface area contributed by atoms with Gasteiger partial charge >= 0.3 is 0 Å². The third-order valence-electron chi connectivity index (χ3n) is 2.80. The van der Waals surface area contributed by atoms with Crippen molar-refractivity contribution in [2.45, 2.75) is 25.1 Å². The van der Waals surface area contributed by atoms with Crippen molar-refractivity contribution in [2.24, 2.45) is 5.41 Å². The quantitative estimate of drug-likeness (QED) is 0.493. The van der Waals surface area contributed by atoms with Gasteiger partial charge in [-0.2, -0.15) is 0 Å². The molecule has 64 valence electrons. The molecule has 0 bridgehead atoms. The van der Waals surface area contributed by atoms with E-state index in [9.17, 15) is 13.2 Å². The maximum atomic E-state index is 12.8. The van der Waals surface area contributed by atoms with E-state index in [-0.39, 0.29) is 19.4 Å². The zero-order valence-electron chi connectivity index (χ0n) is 6.28. The van der Waals surface area contributed by atoms with Gasteiger partial charge in [-0.1, -0.05) is 0 Å². The second-order valence-corrected chi connectivity index (χ2v) is 3.72. The minimum Gasteiger partial charge on any atom is -0.276 e. The Balaban J connectivity index is 2.12. The fraction of sp³-hybridized carbons (Fsp3) is 1.00. The van der Waals surface area contributed by atoms with Crippen LogP contribution in [0.5, 0.6) is 0 Å². The number of nitrogens with zero attached hydrogens (tertiary/aromatic N) is 1. The Morgan fingerprint density at radius 3 is 2.18 bits per heavy atom. The van der Waals surface area contributed by atoms with Crippen LogP contribution in [0.4, 0.5) is 13.2 Å². The molecule has 1 heterocycles. The molecule has 0 aromatic carbocycles. The Kier molecular flexibility index (Phi) is 1.17. The van der Waals surface area contributed by atoms with E-state index >= 15 is 0 Å². The van der Waals surface area contributed by atoms with Gasteiger partial charge in [0, 0.05) is 19.4 Å². The lowest BCUT2D eigenvalue weighted by Gasteiger charge is -2.09. The lowest BCUT2D eigenvalue weighted by atomic mass is 10.1. The molecule has 1 nitrogen and oxygen atoms in total. The Labute approximate surface area is 63.2 Å². The summed E-state index contributed by atoms with van der Waals surface area (Å²) >= 11 is 0. The first kappa shape index (κ1) is 7.40. The molecule has 2 fully saturated rings. The van der Waals surface area contributed by atoms with Crippen molar-refractivity contribution in [3.63, 3.8) is 0 Å². The summed E-state index contributed by atoms with van der Waals surface area (Å²) in [5.41, 5.74) is -0.999. The van der Waals surface area contributed by atoms with Gasteiger partial charge in [0.05, 0.1) is 5.41 Å². The summed E-state index contributed by atoms with van der Waals surface area (Å²) < 4.78 is 38.1. The van der Waals surface area contributed by atoms with Crippen LogP contribution in [0.2, 0.25) is 0 Å². The average Bonchev–Trinajstić information content (AvgIpc) is 2.18. The Hall–Kier alpha value is -0.250. The largest absolute Gasteiger partial charge is 0.276 e. The van der Waals surface area contributed by atoms with Crippen molar-refractivity contribution in [1.29, 1.82) is 0 Å². The average molecular weight is 165 g/mol. The molecule has 0 N–H and O–H groups in total. The lowest BCUT2D eigenvalue weighted by molar-refractivity contribution is 0.0667. The van der Waals surface area contributed by atoms with Gasteiger partial charge in [0.15, 0.2) is 6.30 Å². The summed E-state index contributed by atoms with van der Waals surface area (Å²) in [4.78, 5) is 1.36. The Morgan fingerprint density at radius 2 is 2.00 bits per heavy atom. The lowest BCUT2D eigenvalue weighted by Crippen LogP contribution is -2.21. The maximum Gasteiger partial charge on any atom is 0.256 e. The zero-order valence-corrected chi connectivity index (χ0v) is 6.28. The maximum absolute atomic E-state index is 12.8. The molecule has 4 heteroatoms. The number of hydrogen-bond acceptors (Lipinski definition) is 1. The van der Waals surface area contributed by atoms with E-state index in [1.165, 1.54) is 4.90 Å². The van der Waals surface area contributed by atoms with Gasteiger partial charge in [-0.05, 0) is 7.05 Å². The van der Waals surface area contributed by atoms with Crippen molar-refractivity contribution in [3.05, 3.63) is 0 Å². The van der Waals surface area contributed by atoms with Crippen molar-refractivity contribution < 1.29 is 13.2 Å². The minimum absolute atomic E-state index is 0.0104. The van der Waals surface area contributed by atoms with E-state index in [0.717, 1.165) is 0 Å². The molecule has 1 aliphatic heterocycles. The summed E-state index contributed by atoms with van der Waals surface area (Å²) in [6.07, 6.45) is -1.27. The Bertz CT molecular complexity index is 182. The van der Waals surface area contributed by atoms with Crippen molar-refractivity contribution >= 4 is 0 Å².